The number of benzene rings is 2. The summed E-state index contributed by atoms with van der Waals surface area (Å²) in [5.41, 5.74) is 1.87. The maximum atomic E-state index is 11.1. The third-order valence-corrected chi connectivity index (χ3v) is 3.99. The van der Waals surface area contributed by atoms with Gasteiger partial charge in [0, 0.05) is 31.8 Å². The van der Waals surface area contributed by atoms with Crippen LogP contribution in [0.25, 0.3) is 0 Å². The molecule has 0 aliphatic rings. The Morgan fingerprint density at radius 2 is 1.82 bits per heavy atom. The minimum atomic E-state index is -0.376. The topological polar surface area (TPSA) is 88.8 Å². The lowest BCUT2D eigenvalue weighted by Gasteiger charge is -2.16. The highest BCUT2D eigenvalue weighted by Gasteiger charge is 2.12. The van der Waals surface area contributed by atoms with E-state index in [-0.39, 0.29) is 34.6 Å². The summed E-state index contributed by atoms with van der Waals surface area (Å²) in [4.78, 5) is 14.9. The molecule has 152 valence electrons. The Morgan fingerprint density at radius 3 is 2.50 bits per heavy atom. The van der Waals surface area contributed by atoms with Gasteiger partial charge in [0.1, 0.15) is 0 Å². The van der Waals surface area contributed by atoms with Crippen LogP contribution in [0, 0.1) is 16.0 Å². The second kappa shape index (κ2) is 13.1. The summed E-state index contributed by atoms with van der Waals surface area (Å²) < 4.78 is 5.74. The lowest BCUT2D eigenvalue weighted by atomic mass is 10.2. The number of rotatable bonds is 9. The standard InChI is InChI=1S/C20H26N4O3.HI/c1-16(14-27-15-17-8-4-3-5-9-17)12-22-20(21-2)23-13-18-10-6-7-11-19(18)24(25)26;/h3-11,16H,12-15H2,1-2H3,(H2,21,22,23);1H. The van der Waals surface area contributed by atoms with Crippen LogP contribution < -0.4 is 10.6 Å². The molecule has 0 amide bonds. The number of ether oxygens (including phenoxy) is 1. The highest BCUT2D eigenvalue weighted by atomic mass is 127. The van der Waals surface area contributed by atoms with Crippen molar-refractivity contribution in [3.05, 3.63) is 75.8 Å². The van der Waals surface area contributed by atoms with Crippen LogP contribution in [-0.4, -0.2) is 31.1 Å². The highest BCUT2D eigenvalue weighted by Crippen LogP contribution is 2.16. The van der Waals surface area contributed by atoms with E-state index in [1.165, 1.54) is 6.07 Å². The van der Waals surface area contributed by atoms with E-state index in [2.05, 4.69) is 22.5 Å². The molecule has 0 heterocycles. The fraction of sp³-hybridized carbons (Fsp3) is 0.350. The van der Waals surface area contributed by atoms with E-state index in [0.29, 0.717) is 43.7 Å². The van der Waals surface area contributed by atoms with Gasteiger partial charge in [0.05, 0.1) is 18.1 Å². The quantitative estimate of drug-likeness (QED) is 0.181. The fourth-order valence-electron chi connectivity index (χ4n) is 2.52. The Morgan fingerprint density at radius 1 is 1.14 bits per heavy atom. The molecule has 0 saturated carbocycles. The van der Waals surface area contributed by atoms with Gasteiger partial charge in [-0.2, -0.15) is 0 Å². The average Bonchev–Trinajstić information content (AvgIpc) is 2.69. The van der Waals surface area contributed by atoms with E-state index in [1.54, 1.807) is 25.2 Å². The van der Waals surface area contributed by atoms with E-state index in [0.717, 1.165) is 5.56 Å². The van der Waals surface area contributed by atoms with Gasteiger partial charge in [0.15, 0.2) is 5.96 Å². The third-order valence-electron chi connectivity index (χ3n) is 3.99. The molecule has 0 saturated heterocycles. The van der Waals surface area contributed by atoms with Crippen molar-refractivity contribution < 1.29 is 9.66 Å². The van der Waals surface area contributed by atoms with Crippen molar-refractivity contribution in [2.75, 3.05) is 20.2 Å². The maximum absolute atomic E-state index is 11.1. The number of nitrogens with one attached hydrogen (secondary N) is 2. The van der Waals surface area contributed by atoms with Gasteiger partial charge in [-0.3, -0.25) is 15.1 Å². The van der Waals surface area contributed by atoms with E-state index >= 15 is 0 Å². The molecule has 2 N–H and O–H groups in total. The van der Waals surface area contributed by atoms with Crippen molar-refractivity contribution in [1.82, 2.24) is 10.6 Å². The average molecular weight is 498 g/mol. The number of nitro benzene ring substituents is 1. The van der Waals surface area contributed by atoms with Gasteiger partial charge >= 0.3 is 0 Å². The zero-order chi connectivity index (χ0) is 19.5. The Bertz CT molecular complexity index is 756. The van der Waals surface area contributed by atoms with Gasteiger partial charge in [-0.1, -0.05) is 55.5 Å². The zero-order valence-electron chi connectivity index (χ0n) is 16.1. The first kappa shape index (κ1) is 23.8. The molecular weight excluding hydrogens is 471 g/mol. The summed E-state index contributed by atoms with van der Waals surface area (Å²) in [6.45, 7) is 4.33. The summed E-state index contributed by atoms with van der Waals surface area (Å²) in [5, 5.41) is 17.4. The molecule has 0 fully saturated rings. The Hall–Kier alpha value is -2.20. The summed E-state index contributed by atoms with van der Waals surface area (Å²) >= 11 is 0. The van der Waals surface area contributed by atoms with E-state index in [4.69, 9.17) is 4.74 Å². The Kier molecular flexibility index (Phi) is 11.1. The van der Waals surface area contributed by atoms with Crippen molar-refractivity contribution in [2.24, 2.45) is 10.9 Å². The molecular formula is C20H27IN4O3. The number of hydrogen-bond donors (Lipinski definition) is 2. The normalized spacial score (nSPS) is 12.0. The van der Waals surface area contributed by atoms with E-state index in [9.17, 15) is 10.1 Å². The minimum Gasteiger partial charge on any atom is -0.376 e. The van der Waals surface area contributed by atoms with Crippen LogP contribution in [-0.2, 0) is 17.9 Å². The maximum Gasteiger partial charge on any atom is 0.274 e. The lowest BCUT2D eigenvalue weighted by molar-refractivity contribution is -0.385. The second-order valence-corrected chi connectivity index (χ2v) is 6.30. The molecule has 0 aliphatic heterocycles. The summed E-state index contributed by atoms with van der Waals surface area (Å²) in [6.07, 6.45) is 0. The van der Waals surface area contributed by atoms with Gasteiger partial charge in [-0.15, -0.1) is 24.0 Å². The summed E-state index contributed by atoms with van der Waals surface area (Å²) in [5.74, 6) is 0.890. The molecule has 2 aromatic carbocycles. The molecule has 1 unspecified atom stereocenters. The van der Waals surface area contributed by atoms with Gasteiger partial charge < -0.3 is 15.4 Å². The summed E-state index contributed by atoms with van der Waals surface area (Å²) in [7, 11) is 1.67. The molecule has 1 atom stereocenters. The molecule has 2 rings (SSSR count). The van der Waals surface area contributed by atoms with Crippen LogP contribution in [0.5, 0.6) is 0 Å². The lowest BCUT2D eigenvalue weighted by Crippen LogP contribution is -2.39. The molecule has 28 heavy (non-hydrogen) atoms. The number of halogens is 1. The van der Waals surface area contributed by atoms with Crippen molar-refractivity contribution in [3.8, 4) is 0 Å². The molecule has 0 aromatic heterocycles. The number of aliphatic imine (C=N–C) groups is 1. The smallest absolute Gasteiger partial charge is 0.274 e. The van der Waals surface area contributed by atoms with Crippen LogP contribution in [0.3, 0.4) is 0 Å². The molecule has 8 heteroatoms. The number of nitro groups is 1. The number of nitrogens with zero attached hydrogens (tertiary/aromatic N) is 2. The van der Waals surface area contributed by atoms with Gasteiger partial charge in [0.2, 0.25) is 0 Å². The van der Waals surface area contributed by atoms with Crippen LogP contribution >= 0.6 is 24.0 Å². The van der Waals surface area contributed by atoms with Gasteiger partial charge in [0.25, 0.3) is 5.69 Å². The Labute approximate surface area is 182 Å². The fourth-order valence-corrected chi connectivity index (χ4v) is 2.52. The first-order valence-corrected chi connectivity index (χ1v) is 8.88. The number of para-hydroxylation sites is 1. The van der Waals surface area contributed by atoms with Crippen molar-refractivity contribution in [3.63, 3.8) is 0 Å². The largest absolute Gasteiger partial charge is 0.376 e. The number of hydrogen-bond acceptors (Lipinski definition) is 4. The van der Waals surface area contributed by atoms with Crippen molar-refractivity contribution in [2.45, 2.75) is 20.1 Å². The number of guanidine groups is 1. The van der Waals surface area contributed by atoms with Gasteiger partial charge in [-0.25, -0.2) is 0 Å². The zero-order valence-corrected chi connectivity index (χ0v) is 18.5. The first-order chi connectivity index (χ1) is 13.1. The van der Waals surface area contributed by atoms with Crippen molar-refractivity contribution >= 4 is 35.6 Å². The first-order valence-electron chi connectivity index (χ1n) is 8.88. The second-order valence-electron chi connectivity index (χ2n) is 6.30. The molecule has 0 aliphatic carbocycles. The minimum absolute atomic E-state index is 0. The Balaban J connectivity index is 0.00000392. The summed E-state index contributed by atoms with van der Waals surface area (Å²) in [6, 6.07) is 16.7. The predicted octanol–water partition coefficient (Wildman–Crippen LogP) is 3.73. The molecule has 0 spiro atoms. The van der Waals surface area contributed by atoms with Crippen LogP contribution in [0.2, 0.25) is 0 Å². The highest BCUT2D eigenvalue weighted by molar-refractivity contribution is 14.0. The molecule has 2 aromatic rings. The van der Waals surface area contributed by atoms with Crippen LogP contribution in [0.15, 0.2) is 59.6 Å². The predicted molar refractivity (Wildman–Crippen MR) is 122 cm³/mol. The molecule has 0 radical (unpaired) electrons. The monoisotopic (exact) mass is 498 g/mol. The molecule has 7 nitrogen and oxygen atoms in total. The SMILES string of the molecule is CN=C(NCc1ccccc1[N+](=O)[O-])NCC(C)COCc1ccccc1.I. The third kappa shape index (κ3) is 8.22. The van der Waals surface area contributed by atoms with Crippen LogP contribution in [0.4, 0.5) is 5.69 Å². The van der Waals surface area contributed by atoms with Gasteiger partial charge in [-0.05, 0) is 11.5 Å². The van der Waals surface area contributed by atoms with Crippen molar-refractivity contribution in [1.29, 1.82) is 0 Å². The van der Waals surface area contributed by atoms with Crippen LogP contribution in [0.1, 0.15) is 18.1 Å². The van der Waals surface area contributed by atoms with E-state index in [1.807, 2.05) is 30.3 Å². The molecule has 0 bridgehead atoms. The van der Waals surface area contributed by atoms with E-state index < -0.39 is 0 Å².